The summed E-state index contributed by atoms with van der Waals surface area (Å²) in [7, 11) is -3.44. The Balaban J connectivity index is 1.99. The van der Waals surface area contributed by atoms with E-state index in [-0.39, 0.29) is 24.0 Å². The summed E-state index contributed by atoms with van der Waals surface area (Å²) in [4.78, 5) is 10.3. The average Bonchev–Trinajstić information content (AvgIpc) is 2.89. The van der Waals surface area contributed by atoms with Crippen molar-refractivity contribution in [1.82, 2.24) is 10.0 Å². The summed E-state index contributed by atoms with van der Waals surface area (Å²) >= 11 is 0. The topological polar surface area (TPSA) is 101 Å². The number of sulfonamides is 1. The first-order valence-electron chi connectivity index (χ1n) is 6.41. The number of para-hydroxylation sites is 1. The molecule has 7 nitrogen and oxygen atoms in total. The summed E-state index contributed by atoms with van der Waals surface area (Å²) in [6.45, 7) is 0.774. The molecule has 1 heterocycles. The van der Waals surface area contributed by atoms with Gasteiger partial charge in [0, 0.05) is 24.2 Å². The average molecular weight is 299 g/mol. The Morgan fingerprint density at radius 3 is 2.80 bits per heavy atom. The Morgan fingerprint density at radius 1 is 1.40 bits per heavy atom. The van der Waals surface area contributed by atoms with Gasteiger partial charge in [-0.3, -0.25) is 10.1 Å². The minimum absolute atomic E-state index is 0.00757. The number of nitro groups is 1. The molecule has 1 atom stereocenters. The van der Waals surface area contributed by atoms with Gasteiger partial charge in [-0.05, 0) is 19.4 Å². The second-order valence-electron chi connectivity index (χ2n) is 4.78. The maximum atomic E-state index is 11.9. The lowest BCUT2D eigenvalue weighted by Gasteiger charge is -2.11. The maximum absolute atomic E-state index is 11.9. The number of benzene rings is 1. The van der Waals surface area contributed by atoms with Crippen LogP contribution in [-0.4, -0.2) is 31.7 Å². The van der Waals surface area contributed by atoms with E-state index >= 15 is 0 Å². The van der Waals surface area contributed by atoms with Crippen LogP contribution in [0.3, 0.4) is 0 Å². The van der Waals surface area contributed by atoms with Crippen molar-refractivity contribution in [2.24, 2.45) is 0 Å². The summed E-state index contributed by atoms with van der Waals surface area (Å²) < 4.78 is 26.3. The van der Waals surface area contributed by atoms with Crippen molar-refractivity contribution in [2.45, 2.75) is 25.4 Å². The summed E-state index contributed by atoms with van der Waals surface area (Å²) in [5.41, 5.74) is 0.287. The molecule has 1 aromatic carbocycles. The van der Waals surface area contributed by atoms with Gasteiger partial charge in [-0.15, -0.1) is 0 Å². The maximum Gasteiger partial charge on any atom is 0.273 e. The highest BCUT2D eigenvalue weighted by Gasteiger charge is 2.22. The first kappa shape index (κ1) is 14.9. The molecule has 20 heavy (non-hydrogen) atoms. The molecule has 8 heteroatoms. The van der Waals surface area contributed by atoms with E-state index < -0.39 is 14.9 Å². The van der Waals surface area contributed by atoms with E-state index in [9.17, 15) is 18.5 Å². The second kappa shape index (κ2) is 6.29. The van der Waals surface area contributed by atoms with Gasteiger partial charge < -0.3 is 5.32 Å². The standard InChI is InChI=1S/C12H17N3O4S/c16-15(17)12-6-2-1-4-10(12)8-14-20(18,19)9-11-5-3-7-13-11/h1-2,4,6,11,13-14H,3,5,7-9H2. The van der Waals surface area contributed by atoms with Gasteiger partial charge in [0.05, 0.1) is 10.7 Å². The van der Waals surface area contributed by atoms with E-state index in [1.54, 1.807) is 18.2 Å². The third-order valence-corrected chi connectivity index (χ3v) is 4.68. The van der Waals surface area contributed by atoms with Gasteiger partial charge >= 0.3 is 0 Å². The second-order valence-corrected chi connectivity index (χ2v) is 6.63. The van der Waals surface area contributed by atoms with Gasteiger partial charge in [0.15, 0.2) is 0 Å². The van der Waals surface area contributed by atoms with Crippen molar-refractivity contribution >= 4 is 15.7 Å². The van der Waals surface area contributed by atoms with E-state index in [0.717, 1.165) is 19.4 Å². The summed E-state index contributed by atoms with van der Waals surface area (Å²) in [5, 5.41) is 14.0. The highest BCUT2D eigenvalue weighted by atomic mass is 32.2. The first-order chi connectivity index (χ1) is 9.48. The van der Waals surface area contributed by atoms with E-state index in [2.05, 4.69) is 10.0 Å². The molecule has 1 fully saturated rings. The fraction of sp³-hybridized carbons (Fsp3) is 0.500. The predicted molar refractivity (Wildman–Crippen MR) is 74.7 cm³/mol. The largest absolute Gasteiger partial charge is 0.313 e. The highest BCUT2D eigenvalue weighted by Crippen LogP contribution is 2.17. The Bertz CT molecular complexity index is 582. The van der Waals surface area contributed by atoms with Crippen molar-refractivity contribution in [2.75, 3.05) is 12.3 Å². The van der Waals surface area contributed by atoms with Gasteiger partial charge in [-0.1, -0.05) is 18.2 Å². The lowest BCUT2D eigenvalue weighted by molar-refractivity contribution is -0.385. The summed E-state index contributed by atoms with van der Waals surface area (Å²) in [6.07, 6.45) is 1.82. The number of hydrogen-bond donors (Lipinski definition) is 2. The van der Waals surface area contributed by atoms with Crippen molar-refractivity contribution in [1.29, 1.82) is 0 Å². The van der Waals surface area contributed by atoms with Gasteiger partial charge in [0.1, 0.15) is 0 Å². The molecule has 2 rings (SSSR count). The lowest BCUT2D eigenvalue weighted by atomic mass is 10.2. The van der Waals surface area contributed by atoms with Crippen molar-refractivity contribution < 1.29 is 13.3 Å². The molecule has 0 aromatic heterocycles. The van der Waals surface area contributed by atoms with Crippen LogP contribution in [0.2, 0.25) is 0 Å². The van der Waals surface area contributed by atoms with Crippen LogP contribution in [0.25, 0.3) is 0 Å². The van der Waals surface area contributed by atoms with Crippen LogP contribution in [0.15, 0.2) is 24.3 Å². The van der Waals surface area contributed by atoms with Gasteiger partial charge in [0.25, 0.3) is 5.69 Å². The van der Waals surface area contributed by atoms with Crippen LogP contribution < -0.4 is 10.0 Å². The number of nitrogens with zero attached hydrogens (tertiary/aromatic N) is 1. The van der Waals surface area contributed by atoms with Crippen LogP contribution in [0.5, 0.6) is 0 Å². The number of rotatable bonds is 6. The summed E-state index contributed by atoms with van der Waals surface area (Å²) in [5.74, 6) is 0.00757. The molecule has 1 aliphatic heterocycles. The molecule has 0 bridgehead atoms. The van der Waals surface area contributed by atoms with Gasteiger partial charge in [0.2, 0.25) is 10.0 Å². The van der Waals surface area contributed by atoms with Crippen molar-refractivity contribution in [3.63, 3.8) is 0 Å². The molecular formula is C12H17N3O4S. The third kappa shape index (κ3) is 3.99. The number of nitro benzene ring substituents is 1. The Labute approximate surface area is 117 Å². The number of hydrogen-bond acceptors (Lipinski definition) is 5. The Kier molecular flexibility index (Phi) is 4.69. The molecule has 1 aliphatic rings. The van der Waals surface area contributed by atoms with Gasteiger partial charge in [-0.25, -0.2) is 13.1 Å². The van der Waals surface area contributed by atoms with Crippen LogP contribution in [0.1, 0.15) is 18.4 Å². The minimum Gasteiger partial charge on any atom is -0.313 e. The van der Waals surface area contributed by atoms with E-state index in [0.29, 0.717) is 5.56 Å². The number of nitrogens with one attached hydrogen (secondary N) is 2. The molecule has 2 N–H and O–H groups in total. The highest BCUT2D eigenvalue weighted by molar-refractivity contribution is 7.89. The lowest BCUT2D eigenvalue weighted by Crippen LogP contribution is -2.36. The third-order valence-electron chi connectivity index (χ3n) is 3.25. The van der Waals surface area contributed by atoms with E-state index in [4.69, 9.17) is 0 Å². The molecule has 0 aliphatic carbocycles. The normalized spacial score (nSPS) is 19.1. The van der Waals surface area contributed by atoms with Crippen molar-refractivity contribution in [3.8, 4) is 0 Å². The molecule has 0 spiro atoms. The molecule has 1 saturated heterocycles. The fourth-order valence-corrected chi connectivity index (χ4v) is 3.56. The van der Waals surface area contributed by atoms with E-state index in [1.165, 1.54) is 6.07 Å². The van der Waals surface area contributed by atoms with Crippen molar-refractivity contribution in [3.05, 3.63) is 39.9 Å². The molecule has 1 unspecified atom stereocenters. The molecule has 1 aromatic rings. The zero-order valence-corrected chi connectivity index (χ0v) is 11.7. The predicted octanol–water partition coefficient (Wildman–Crippen LogP) is 0.766. The first-order valence-corrected chi connectivity index (χ1v) is 8.06. The van der Waals surface area contributed by atoms with Crippen LogP contribution >= 0.6 is 0 Å². The Morgan fingerprint density at radius 2 is 2.15 bits per heavy atom. The molecule has 0 radical (unpaired) electrons. The molecule has 0 amide bonds. The van der Waals surface area contributed by atoms with Crippen LogP contribution in [0, 0.1) is 10.1 Å². The fourth-order valence-electron chi connectivity index (χ4n) is 2.25. The molecule has 110 valence electrons. The Hall–Kier alpha value is -1.51. The molecule has 0 saturated carbocycles. The zero-order chi connectivity index (χ0) is 14.6. The SMILES string of the molecule is O=[N+]([O-])c1ccccc1CNS(=O)(=O)CC1CCCN1. The molecular weight excluding hydrogens is 282 g/mol. The zero-order valence-electron chi connectivity index (χ0n) is 10.9. The summed E-state index contributed by atoms with van der Waals surface area (Å²) in [6, 6.07) is 6.09. The quantitative estimate of drug-likeness (QED) is 0.596. The van der Waals surface area contributed by atoms with E-state index in [1.807, 2.05) is 0 Å². The van der Waals surface area contributed by atoms with Crippen LogP contribution in [-0.2, 0) is 16.6 Å². The van der Waals surface area contributed by atoms with Gasteiger partial charge in [-0.2, -0.15) is 0 Å². The van der Waals surface area contributed by atoms with Crippen LogP contribution in [0.4, 0.5) is 5.69 Å². The monoisotopic (exact) mass is 299 g/mol. The smallest absolute Gasteiger partial charge is 0.273 e. The minimum atomic E-state index is -3.44.